The maximum atomic E-state index is 12.1. The molecule has 0 aliphatic carbocycles. The van der Waals surface area contributed by atoms with Crippen LogP contribution in [0.4, 0.5) is 17.1 Å². The number of carbonyl (C=O) groups is 1. The molecular formula is C14H13N3O3. The summed E-state index contributed by atoms with van der Waals surface area (Å²) < 4.78 is 0. The quantitative estimate of drug-likeness (QED) is 0.509. The first-order valence-corrected chi connectivity index (χ1v) is 5.89. The molecule has 0 bridgehead atoms. The van der Waals surface area contributed by atoms with E-state index in [2.05, 4.69) is 5.32 Å². The van der Waals surface area contributed by atoms with Gasteiger partial charge in [-0.2, -0.15) is 0 Å². The summed E-state index contributed by atoms with van der Waals surface area (Å²) in [7, 11) is 0. The number of nitro groups is 1. The van der Waals surface area contributed by atoms with Crippen LogP contribution in [0.3, 0.4) is 0 Å². The van der Waals surface area contributed by atoms with Crippen LogP contribution in [0, 0.1) is 17.0 Å². The molecular weight excluding hydrogens is 258 g/mol. The average Bonchev–Trinajstić information content (AvgIpc) is 2.38. The molecule has 0 saturated carbocycles. The molecule has 2 aromatic carbocycles. The number of benzene rings is 2. The van der Waals surface area contributed by atoms with Gasteiger partial charge in [0.15, 0.2) is 0 Å². The maximum absolute atomic E-state index is 12.1. The molecule has 0 radical (unpaired) electrons. The highest BCUT2D eigenvalue weighted by atomic mass is 16.6. The smallest absolute Gasteiger partial charge is 0.269 e. The number of nitrogens with zero attached hydrogens (tertiary/aromatic N) is 1. The van der Waals surface area contributed by atoms with E-state index in [4.69, 9.17) is 5.73 Å². The molecule has 0 fully saturated rings. The van der Waals surface area contributed by atoms with Gasteiger partial charge in [0, 0.05) is 29.1 Å². The highest BCUT2D eigenvalue weighted by molar-refractivity contribution is 6.05. The molecule has 0 aliphatic heterocycles. The molecule has 2 rings (SSSR count). The number of anilines is 2. The molecule has 0 aliphatic rings. The number of rotatable bonds is 3. The van der Waals surface area contributed by atoms with Gasteiger partial charge in [0.1, 0.15) is 0 Å². The van der Waals surface area contributed by atoms with Gasteiger partial charge in [0.25, 0.3) is 11.6 Å². The van der Waals surface area contributed by atoms with E-state index >= 15 is 0 Å². The Kier molecular flexibility index (Phi) is 3.65. The normalized spacial score (nSPS) is 10.1. The summed E-state index contributed by atoms with van der Waals surface area (Å²) in [4.78, 5) is 22.3. The lowest BCUT2D eigenvalue weighted by Gasteiger charge is -2.08. The monoisotopic (exact) mass is 271 g/mol. The van der Waals surface area contributed by atoms with Crippen LogP contribution in [0.5, 0.6) is 0 Å². The van der Waals surface area contributed by atoms with Crippen LogP contribution in [-0.4, -0.2) is 10.8 Å². The number of hydrogen-bond acceptors (Lipinski definition) is 4. The molecule has 2 aromatic rings. The van der Waals surface area contributed by atoms with Crippen molar-refractivity contribution in [2.45, 2.75) is 6.92 Å². The van der Waals surface area contributed by atoms with Gasteiger partial charge in [-0.3, -0.25) is 14.9 Å². The third-order valence-corrected chi connectivity index (χ3v) is 2.81. The van der Waals surface area contributed by atoms with Crippen molar-refractivity contribution in [3.63, 3.8) is 0 Å². The predicted octanol–water partition coefficient (Wildman–Crippen LogP) is 2.74. The Morgan fingerprint density at radius 3 is 2.60 bits per heavy atom. The largest absolute Gasteiger partial charge is 0.399 e. The van der Waals surface area contributed by atoms with Gasteiger partial charge in [-0.05, 0) is 36.8 Å². The second-order valence-electron chi connectivity index (χ2n) is 4.34. The van der Waals surface area contributed by atoms with Gasteiger partial charge in [0.2, 0.25) is 0 Å². The Morgan fingerprint density at radius 2 is 2.00 bits per heavy atom. The minimum atomic E-state index is -0.493. The van der Waals surface area contributed by atoms with Crippen LogP contribution < -0.4 is 11.1 Å². The molecule has 0 unspecified atom stereocenters. The van der Waals surface area contributed by atoms with Crippen LogP contribution in [-0.2, 0) is 0 Å². The zero-order valence-corrected chi connectivity index (χ0v) is 10.8. The Balaban J connectivity index is 2.23. The van der Waals surface area contributed by atoms with E-state index in [-0.39, 0.29) is 11.6 Å². The summed E-state index contributed by atoms with van der Waals surface area (Å²) in [5, 5.41) is 13.4. The van der Waals surface area contributed by atoms with Crippen molar-refractivity contribution in [1.82, 2.24) is 0 Å². The summed E-state index contributed by atoms with van der Waals surface area (Å²) >= 11 is 0. The van der Waals surface area contributed by atoms with Crippen molar-refractivity contribution in [2.75, 3.05) is 11.1 Å². The third kappa shape index (κ3) is 2.92. The summed E-state index contributed by atoms with van der Waals surface area (Å²) in [6.45, 7) is 1.65. The first kappa shape index (κ1) is 13.5. The number of nitrogens with two attached hydrogens (primary N) is 1. The minimum absolute atomic E-state index is 0.0389. The van der Waals surface area contributed by atoms with Gasteiger partial charge < -0.3 is 11.1 Å². The molecule has 6 nitrogen and oxygen atoms in total. The van der Waals surface area contributed by atoms with Crippen LogP contribution in [0.1, 0.15) is 15.9 Å². The van der Waals surface area contributed by atoms with Crippen LogP contribution in [0.2, 0.25) is 0 Å². The highest BCUT2D eigenvalue weighted by Crippen LogP contribution is 2.19. The number of non-ortho nitro benzene ring substituents is 1. The molecule has 0 heterocycles. The molecule has 0 spiro atoms. The Bertz CT molecular complexity index is 683. The van der Waals surface area contributed by atoms with Gasteiger partial charge in [-0.1, -0.05) is 6.07 Å². The van der Waals surface area contributed by atoms with Crippen molar-refractivity contribution in [3.8, 4) is 0 Å². The first-order valence-electron chi connectivity index (χ1n) is 5.89. The summed E-state index contributed by atoms with van der Waals surface area (Å²) in [6.07, 6.45) is 0. The maximum Gasteiger partial charge on any atom is 0.269 e. The number of aryl methyl sites for hydroxylation is 1. The Labute approximate surface area is 115 Å². The van der Waals surface area contributed by atoms with Crippen molar-refractivity contribution in [1.29, 1.82) is 0 Å². The standard InChI is InChI=1S/C14H13N3O3/c1-9-7-12(17(19)20)5-6-13(9)14(18)16-11-4-2-3-10(15)8-11/h2-8H,15H2,1H3,(H,16,18). The van der Waals surface area contributed by atoms with Crippen molar-refractivity contribution in [3.05, 3.63) is 63.7 Å². The first-order chi connectivity index (χ1) is 9.47. The van der Waals surface area contributed by atoms with E-state index in [0.717, 1.165) is 0 Å². The lowest BCUT2D eigenvalue weighted by molar-refractivity contribution is -0.384. The molecule has 102 valence electrons. The second kappa shape index (κ2) is 5.40. The summed E-state index contributed by atoms with van der Waals surface area (Å²) in [5.41, 5.74) is 7.64. The fraction of sp³-hybridized carbons (Fsp3) is 0.0714. The fourth-order valence-corrected chi connectivity index (χ4v) is 1.83. The van der Waals surface area contributed by atoms with E-state index in [1.54, 1.807) is 31.2 Å². The van der Waals surface area contributed by atoms with E-state index in [0.29, 0.717) is 22.5 Å². The van der Waals surface area contributed by atoms with Crippen LogP contribution in [0.25, 0.3) is 0 Å². The van der Waals surface area contributed by atoms with E-state index in [9.17, 15) is 14.9 Å². The van der Waals surface area contributed by atoms with Gasteiger partial charge in [0.05, 0.1) is 4.92 Å². The molecule has 0 aromatic heterocycles. The summed E-state index contributed by atoms with van der Waals surface area (Å²) in [5.74, 6) is -0.331. The molecule has 3 N–H and O–H groups in total. The average molecular weight is 271 g/mol. The zero-order chi connectivity index (χ0) is 14.7. The molecule has 0 saturated heterocycles. The zero-order valence-electron chi connectivity index (χ0n) is 10.8. The molecule has 0 atom stereocenters. The predicted molar refractivity (Wildman–Crippen MR) is 76.6 cm³/mol. The number of hydrogen-bond donors (Lipinski definition) is 2. The number of nitro benzene ring substituents is 1. The topological polar surface area (TPSA) is 98.3 Å². The number of nitrogens with one attached hydrogen (secondary N) is 1. The van der Waals surface area contributed by atoms with Gasteiger partial charge in [-0.15, -0.1) is 0 Å². The number of amides is 1. The van der Waals surface area contributed by atoms with Crippen LogP contribution >= 0.6 is 0 Å². The SMILES string of the molecule is Cc1cc([N+](=O)[O-])ccc1C(=O)Nc1cccc(N)c1. The van der Waals surface area contributed by atoms with E-state index in [1.807, 2.05) is 0 Å². The number of nitrogen functional groups attached to an aromatic ring is 1. The molecule has 1 amide bonds. The van der Waals surface area contributed by atoms with Gasteiger partial charge >= 0.3 is 0 Å². The van der Waals surface area contributed by atoms with Crippen molar-refractivity contribution >= 4 is 23.0 Å². The highest BCUT2D eigenvalue weighted by Gasteiger charge is 2.13. The van der Waals surface area contributed by atoms with E-state index in [1.165, 1.54) is 18.2 Å². The van der Waals surface area contributed by atoms with Gasteiger partial charge in [-0.25, -0.2) is 0 Å². The Hall–Kier alpha value is -2.89. The Morgan fingerprint density at radius 1 is 1.25 bits per heavy atom. The summed E-state index contributed by atoms with van der Waals surface area (Å²) in [6, 6.07) is 10.9. The molecule has 6 heteroatoms. The fourth-order valence-electron chi connectivity index (χ4n) is 1.83. The van der Waals surface area contributed by atoms with Crippen molar-refractivity contribution in [2.24, 2.45) is 0 Å². The second-order valence-corrected chi connectivity index (χ2v) is 4.34. The van der Waals surface area contributed by atoms with Crippen molar-refractivity contribution < 1.29 is 9.72 Å². The number of carbonyl (C=O) groups excluding carboxylic acids is 1. The molecule has 20 heavy (non-hydrogen) atoms. The lowest BCUT2D eigenvalue weighted by atomic mass is 10.1. The van der Waals surface area contributed by atoms with E-state index < -0.39 is 4.92 Å². The third-order valence-electron chi connectivity index (χ3n) is 2.81. The lowest BCUT2D eigenvalue weighted by Crippen LogP contribution is -2.13. The van der Waals surface area contributed by atoms with Crippen LogP contribution in [0.15, 0.2) is 42.5 Å². The minimum Gasteiger partial charge on any atom is -0.399 e.